The summed E-state index contributed by atoms with van der Waals surface area (Å²) in [7, 11) is 2.17. The Kier molecular flexibility index (Phi) is 2.30. The average molecular weight is 168 g/mol. The van der Waals surface area contributed by atoms with Gasteiger partial charge in [0.2, 0.25) is 0 Å². The van der Waals surface area contributed by atoms with Crippen molar-refractivity contribution in [2.75, 3.05) is 33.3 Å². The molecule has 12 heavy (non-hydrogen) atoms. The van der Waals surface area contributed by atoms with Crippen molar-refractivity contribution < 1.29 is 4.74 Å². The highest BCUT2D eigenvalue weighted by Gasteiger charge is 2.24. The summed E-state index contributed by atoms with van der Waals surface area (Å²) in [5.74, 6) is 1.65. The molecular weight excluding hydrogens is 152 g/mol. The molecule has 2 aliphatic heterocycles. The maximum atomic E-state index is 5.46. The van der Waals surface area contributed by atoms with Crippen LogP contribution in [0.5, 0.6) is 0 Å². The van der Waals surface area contributed by atoms with Crippen LogP contribution >= 0.6 is 0 Å². The van der Waals surface area contributed by atoms with Gasteiger partial charge in [-0.1, -0.05) is 0 Å². The number of nitrogens with zero attached hydrogens (tertiary/aromatic N) is 2. The fraction of sp³-hybridized carbons (Fsp3) is 0.889. The minimum Gasteiger partial charge on any atom is -0.479 e. The summed E-state index contributed by atoms with van der Waals surface area (Å²) in [5, 5.41) is 0. The van der Waals surface area contributed by atoms with E-state index in [0.717, 1.165) is 19.0 Å². The van der Waals surface area contributed by atoms with Crippen LogP contribution < -0.4 is 0 Å². The maximum absolute atomic E-state index is 5.46. The topological polar surface area (TPSA) is 24.8 Å². The minimum atomic E-state index is 0.615. The quantitative estimate of drug-likeness (QED) is 0.577. The van der Waals surface area contributed by atoms with Crippen LogP contribution in [0.15, 0.2) is 4.99 Å². The van der Waals surface area contributed by atoms with Crippen molar-refractivity contribution in [2.45, 2.75) is 12.8 Å². The fourth-order valence-corrected chi connectivity index (χ4v) is 1.85. The number of likely N-dealkylation sites (tertiary alicyclic amines) is 1. The summed E-state index contributed by atoms with van der Waals surface area (Å²) in [6.45, 7) is 4.06. The van der Waals surface area contributed by atoms with Crippen molar-refractivity contribution >= 4 is 5.90 Å². The van der Waals surface area contributed by atoms with E-state index in [-0.39, 0.29) is 0 Å². The first kappa shape index (κ1) is 8.05. The Balaban J connectivity index is 1.88. The van der Waals surface area contributed by atoms with Gasteiger partial charge in [0.25, 0.3) is 0 Å². The zero-order valence-electron chi connectivity index (χ0n) is 7.62. The second-order valence-electron chi connectivity index (χ2n) is 3.65. The van der Waals surface area contributed by atoms with Crippen LogP contribution in [0.3, 0.4) is 0 Å². The molecule has 2 heterocycles. The van der Waals surface area contributed by atoms with Crippen molar-refractivity contribution in [1.82, 2.24) is 4.90 Å². The molecule has 0 spiro atoms. The number of rotatable bonds is 1. The Hall–Kier alpha value is -0.570. The van der Waals surface area contributed by atoms with E-state index in [9.17, 15) is 0 Å². The summed E-state index contributed by atoms with van der Waals surface area (Å²) < 4.78 is 5.46. The van der Waals surface area contributed by atoms with Crippen LogP contribution in [-0.2, 0) is 4.74 Å². The predicted molar refractivity (Wildman–Crippen MR) is 48.5 cm³/mol. The molecule has 3 heteroatoms. The molecule has 68 valence electrons. The lowest BCUT2D eigenvalue weighted by molar-refractivity contribution is 0.227. The molecule has 1 fully saturated rings. The molecule has 3 nitrogen and oxygen atoms in total. The molecule has 0 aliphatic carbocycles. The van der Waals surface area contributed by atoms with Crippen molar-refractivity contribution in [3.8, 4) is 0 Å². The van der Waals surface area contributed by atoms with E-state index in [2.05, 4.69) is 16.9 Å². The first-order chi connectivity index (χ1) is 5.86. The third-order valence-electron chi connectivity index (χ3n) is 2.68. The van der Waals surface area contributed by atoms with Gasteiger partial charge in [-0.3, -0.25) is 4.99 Å². The Morgan fingerprint density at radius 2 is 2.17 bits per heavy atom. The summed E-state index contributed by atoms with van der Waals surface area (Å²) >= 11 is 0. The van der Waals surface area contributed by atoms with Gasteiger partial charge in [-0.2, -0.15) is 0 Å². The third kappa shape index (κ3) is 1.61. The van der Waals surface area contributed by atoms with E-state index in [1.165, 1.54) is 25.9 Å². The number of hydrogen-bond acceptors (Lipinski definition) is 3. The van der Waals surface area contributed by atoms with Gasteiger partial charge in [0.15, 0.2) is 5.90 Å². The fourth-order valence-electron chi connectivity index (χ4n) is 1.85. The maximum Gasteiger partial charge on any atom is 0.186 e. The third-order valence-corrected chi connectivity index (χ3v) is 2.68. The van der Waals surface area contributed by atoms with Crippen molar-refractivity contribution in [3.05, 3.63) is 0 Å². The van der Waals surface area contributed by atoms with Crippen LogP contribution in [-0.4, -0.2) is 44.1 Å². The molecular formula is C9H16N2O. The Morgan fingerprint density at radius 1 is 1.42 bits per heavy atom. The molecule has 2 rings (SSSR count). The normalized spacial score (nSPS) is 26.9. The van der Waals surface area contributed by atoms with E-state index >= 15 is 0 Å². The lowest BCUT2D eigenvalue weighted by Crippen LogP contribution is -2.33. The molecule has 0 radical (unpaired) electrons. The first-order valence-electron chi connectivity index (χ1n) is 4.72. The average Bonchev–Trinajstić information content (AvgIpc) is 2.58. The van der Waals surface area contributed by atoms with Crippen molar-refractivity contribution in [1.29, 1.82) is 0 Å². The lowest BCUT2D eigenvalue weighted by Gasteiger charge is -2.28. The molecule has 0 atom stereocenters. The van der Waals surface area contributed by atoms with Crippen molar-refractivity contribution in [3.63, 3.8) is 0 Å². The van der Waals surface area contributed by atoms with Crippen LogP contribution in [0.1, 0.15) is 12.8 Å². The highest BCUT2D eigenvalue weighted by Crippen LogP contribution is 2.19. The van der Waals surface area contributed by atoms with Crippen molar-refractivity contribution in [2.24, 2.45) is 10.9 Å². The Morgan fingerprint density at radius 3 is 2.75 bits per heavy atom. The monoisotopic (exact) mass is 168 g/mol. The number of hydrogen-bond donors (Lipinski definition) is 0. The van der Waals surface area contributed by atoms with Gasteiger partial charge in [-0.25, -0.2) is 0 Å². The molecule has 0 aromatic heterocycles. The van der Waals surface area contributed by atoms with E-state index < -0.39 is 0 Å². The number of piperidine rings is 1. The SMILES string of the molecule is CN1CCC(C2=NCCO2)CC1. The van der Waals surface area contributed by atoms with Gasteiger partial charge in [0.1, 0.15) is 6.61 Å². The zero-order chi connectivity index (χ0) is 8.39. The van der Waals surface area contributed by atoms with E-state index in [1.807, 2.05) is 0 Å². The highest BCUT2D eigenvalue weighted by atomic mass is 16.5. The lowest BCUT2D eigenvalue weighted by atomic mass is 9.97. The van der Waals surface area contributed by atoms with E-state index in [0.29, 0.717) is 5.92 Å². The molecule has 2 aliphatic rings. The predicted octanol–water partition coefficient (Wildman–Crippen LogP) is 0.757. The second kappa shape index (κ2) is 3.44. The summed E-state index contributed by atoms with van der Waals surface area (Å²) in [6.07, 6.45) is 2.44. The Labute approximate surface area is 73.4 Å². The van der Waals surface area contributed by atoms with Gasteiger partial charge < -0.3 is 9.64 Å². The largest absolute Gasteiger partial charge is 0.479 e. The zero-order valence-corrected chi connectivity index (χ0v) is 7.62. The van der Waals surface area contributed by atoms with Gasteiger partial charge in [0.05, 0.1) is 6.54 Å². The second-order valence-corrected chi connectivity index (χ2v) is 3.65. The standard InChI is InChI=1S/C9H16N2O/c1-11-5-2-8(3-6-11)9-10-4-7-12-9/h8H,2-7H2,1H3. The summed E-state index contributed by atoms with van der Waals surface area (Å²) in [6, 6.07) is 0. The molecule has 0 aromatic carbocycles. The van der Waals surface area contributed by atoms with Gasteiger partial charge in [-0.05, 0) is 33.0 Å². The highest BCUT2D eigenvalue weighted by molar-refractivity contribution is 5.80. The van der Waals surface area contributed by atoms with Crippen LogP contribution in [0.4, 0.5) is 0 Å². The first-order valence-corrected chi connectivity index (χ1v) is 4.72. The van der Waals surface area contributed by atoms with E-state index in [4.69, 9.17) is 4.74 Å². The molecule has 0 N–H and O–H groups in total. The Bertz CT molecular complexity index is 183. The molecule has 0 aromatic rings. The molecule has 0 bridgehead atoms. The van der Waals surface area contributed by atoms with Crippen LogP contribution in [0.25, 0.3) is 0 Å². The minimum absolute atomic E-state index is 0.615. The summed E-state index contributed by atoms with van der Waals surface area (Å²) in [5.41, 5.74) is 0. The molecule has 0 unspecified atom stereocenters. The summed E-state index contributed by atoms with van der Waals surface area (Å²) in [4.78, 5) is 6.73. The van der Waals surface area contributed by atoms with Crippen LogP contribution in [0, 0.1) is 5.92 Å². The number of ether oxygens (including phenoxy) is 1. The smallest absolute Gasteiger partial charge is 0.186 e. The molecule has 1 saturated heterocycles. The van der Waals surface area contributed by atoms with Gasteiger partial charge in [-0.15, -0.1) is 0 Å². The molecule has 0 saturated carbocycles. The van der Waals surface area contributed by atoms with Crippen LogP contribution in [0.2, 0.25) is 0 Å². The van der Waals surface area contributed by atoms with Gasteiger partial charge >= 0.3 is 0 Å². The number of aliphatic imine (C=N–C) groups is 1. The van der Waals surface area contributed by atoms with Gasteiger partial charge in [0, 0.05) is 5.92 Å². The van der Waals surface area contributed by atoms with E-state index in [1.54, 1.807) is 0 Å². The molecule has 0 amide bonds.